The lowest BCUT2D eigenvalue weighted by molar-refractivity contribution is 0.660. The van der Waals surface area contributed by atoms with Gasteiger partial charge in [0.25, 0.3) is 0 Å². The van der Waals surface area contributed by atoms with Gasteiger partial charge in [-0.25, -0.2) is 0 Å². The van der Waals surface area contributed by atoms with Gasteiger partial charge >= 0.3 is 0 Å². The van der Waals surface area contributed by atoms with Crippen molar-refractivity contribution in [3.8, 4) is 0 Å². The van der Waals surface area contributed by atoms with Crippen molar-refractivity contribution >= 4 is 5.71 Å². The van der Waals surface area contributed by atoms with Crippen LogP contribution in [-0.4, -0.2) is 5.71 Å². The first kappa shape index (κ1) is 9.00. The minimum absolute atomic E-state index is 0.123. The predicted octanol–water partition coefficient (Wildman–Crippen LogP) is 2.19. The summed E-state index contributed by atoms with van der Waals surface area (Å²) in [5.74, 6) is 0. The maximum Gasteiger partial charge on any atom is 0.0670 e. The van der Waals surface area contributed by atoms with Crippen LogP contribution in [0.4, 0.5) is 0 Å². The normalized spacial score (nSPS) is 21.3. The summed E-state index contributed by atoms with van der Waals surface area (Å²) in [4.78, 5) is 0. The molecule has 0 saturated carbocycles. The monoisotopic (exact) mass is 186 g/mol. The Morgan fingerprint density at radius 3 is 2.50 bits per heavy atom. The molecular formula is C12H14N2. The van der Waals surface area contributed by atoms with Crippen LogP contribution >= 0.6 is 0 Å². The molecule has 1 aliphatic rings. The molecular weight excluding hydrogens is 172 g/mol. The van der Waals surface area contributed by atoms with Crippen molar-refractivity contribution in [3.63, 3.8) is 0 Å². The Bertz CT molecular complexity index is 428. The van der Waals surface area contributed by atoms with Crippen molar-refractivity contribution in [2.45, 2.75) is 19.3 Å². The van der Waals surface area contributed by atoms with Crippen molar-refractivity contribution in [3.05, 3.63) is 47.2 Å². The highest BCUT2D eigenvalue weighted by Gasteiger charge is 2.37. The fraction of sp³-hybridized carbons (Fsp3) is 0.250. The summed E-state index contributed by atoms with van der Waals surface area (Å²) in [6.45, 7) is 4.21. The minimum Gasteiger partial charge on any atom is -0.404 e. The predicted molar refractivity (Wildman–Crippen MR) is 58.6 cm³/mol. The van der Waals surface area contributed by atoms with Gasteiger partial charge in [-0.3, -0.25) is 5.41 Å². The number of hydrogen-bond donors (Lipinski definition) is 2. The molecule has 0 aliphatic heterocycles. The van der Waals surface area contributed by atoms with Crippen LogP contribution < -0.4 is 5.73 Å². The summed E-state index contributed by atoms with van der Waals surface area (Å²) in [6, 6.07) is 8.02. The molecule has 1 aliphatic carbocycles. The van der Waals surface area contributed by atoms with E-state index >= 15 is 0 Å². The summed E-state index contributed by atoms with van der Waals surface area (Å²) in [6.07, 6.45) is 1.56. The molecule has 0 bridgehead atoms. The van der Waals surface area contributed by atoms with Gasteiger partial charge in [0.2, 0.25) is 0 Å². The Morgan fingerprint density at radius 1 is 1.29 bits per heavy atom. The lowest BCUT2D eigenvalue weighted by Crippen LogP contribution is -2.18. The molecule has 3 N–H and O–H groups in total. The van der Waals surface area contributed by atoms with Crippen LogP contribution in [0.3, 0.4) is 0 Å². The van der Waals surface area contributed by atoms with Gasteiger partial charge in [-0.2, -0.15) is 0 Å². The SMILES string of the molecule is CC1(C)/C(=C/N)C(=N)c2ccccc21. The largest absolute Gasteiger partial charge is 0.404 e. The Hall–Kier alpha value is -1.57. The van der Waals surface area contributed by atoms with Gasteiger partial charge in [-0.15, -0.1) is 0 Å². The first-order chi connectivity index (χ1) is 6.59. The van der Waals surface area contributed by atoms with Gasteiger partial charge in [-0.1, -0.05) is 38.1 Å². The summed E-state index contributed by atoms with van der Waals surface area (Å²) < 4.78 is 0. The Balaban J connectivity index is 2.74. The zero-order valence-electron chi connectivity index (χ0n) is 8.46. The lowest BCUT2D eigenvalue weighted by Gasteiger charge is -2.20. The number of fused-ring (bicyclic) bond motifs is 1. The molecule has 1 aromatic carbocycles. The highest BCUT2D eigenvalue weighted by molar-refractivity contribution is 6.16. The third-order valence-corrected chi connectivity index (χ3v) is 2.98. The number of allylic oxidation sites excluding steroid dienone is 1. The van der Waals surface area contributed by atoms with Gasteiger partial charge < -0.3 is 5.73 Å². The highest BCUT2D eigenvalue weighted by atomic mass is 14.6. The van der Waals surface area contributed by atoms with Crippen molar-refractivity contribution in [2.24, 2.45) is 5.73 Å². The molecule has 2 rings (SSSR count). The fourth-order valence-corrected chi connectivity index (χ4v) is 2.14. The van der Waals surface area contributed by atoms with E-state index in [0.717, 1.165) is 11.1 Å². The number of benzene rings is 1. The second-order valence-corrected chi connectivity index (χ2v) is 4.13. The molecule has 72 valence electrons. The zero-order chi connectivity index (χ0) is 10.3. The van der Waals surface area contributed by atoms with Crippen LogP contribution in [0.2, 0.25) is 0 Å². The molecule has 0 amide bonds. The summed E-state index contributed by atoms with van der Waals surface area (Å²) in [5, 5.41) is 8.00. The first-order valence-electron chi connectivity index (χ1n) is 4.70. The zero-order valence-corrected chi connectivity index (χ0v) is 8.46. The Morgan fingerprint density at radius 2 is 1.93 bits per heavy atom. The molecule has 2 nitrogen and oxygen atoms in total. The van der Waals surface area contributed by atoms with Crippen LogP contribution in [0.1, 0.15) is 25.0 Å². The van der Waals surface area contributed by atoms with Crippen LogP contribution in [0, 0.1) is 5.41 Å². The smallest absolute Gasteiger partial charge is 0.0670 e. The maximum absolute atomic E-state index is 8.00. The summed E-state index contributed by atoms with van der Waals surface area (Å²) in [7, 11) is 0. The molecule has 2 heteroatoms. The average Bonchev–Trinajstić information content (AvgIpc) is 2.36. The van der Waals surface area contributed by atoms with Gasteiger partial charge in [0.15, 0.2) is 0 Å². The molecule has 0 saturated heterocycles. The van der Waals surface area contributed by atoms with Crippen LogP contribution in [0.15, 0.2) is 36.0 Å². The number of rotatable bonds is 0. The molecule has 0 radical (unpaired) electrons. The quantitative estimate of drug-likeness (QED) is 0.641. The van der Waals surface area contributed by atoms with E-state index in [-0.39, 0.29) is 5.41 Å². The molecule has 0 aromatic heterocycles. The van der Waals surface area contributed by atoms with E-state index in [9.17, 15) is 0 Å². The fourth-order valence-electron chi connectivity index (χ4n) is 2.14. The first-order valence-corrected chi connectivity index (χ1v) is 4.70. The molecule has 0 heterocycles. The van der Waals surface area contributed by atoms with Gasteiger partial charge in [0, 0.05) is 22.8 Å². The molecule has 1 aromatic rings. The Kier molecular flexibility index (Phi) is 1.74. The average molecular weight is 186 g/mol. The lowest BCUT2D eigenvalue weighted by atomic mass is 9.83. The van der Waals surface area contributed by atoms with E-state index in [1.807, 2.05) is 18.2 Å². The summed E-state index contributed by atoms with van der Waals surface area (Å²) >= 11 is 0. The van der Waals surface area contributed by atoms with E-state index in [1.165, 1.54) is 5.56 Å². The van der Waals surface area contributed by atoms with Crippen LogP contribution in [0.5, 0.6) is 0 Å². The molecule has 0 unspecified atom stereocenters. The minimum atomic E-state index is -0.123. The van der Waals surface area contributed by atoms with Gasteiger partial charge in [0.1, 0.15) is 0 Å². The van der Waals surface area contributed by atoms with Crippen LogP contribution in [-0.2, 0) is 5.41 Å². The molecule has 0 fully saturated rings. The van der Waals surface area contributed by atoms with E-state index in [4.69, 9.17) is 11.1 Å². The Labute approximate surface area is 84.0 Å². The standard InChI is InChI=1S/C12H14N2/c1-12(2)9-6-4-3-5-8(9)11(14)10(12)7-13/h3-7,14H,13H2,1-2H3/b10-7+,14-11?. The highest BCUT2D eigenvalue weighted by Crippen LogP contribution is 2.41. The van der Waals surface area contributed by atoms with Gasteiger partial charge in [0.05, 0.1) is 5.71 Å². The number of hydrogen-bond acceptors (Lipinski definition) is 2. The van der Waals surface area contributed by atoms with Crippen molar-refractivity contribution < 1.29 is 0 Å². The molecule has 0 spiro atoms. The number of nitrogens with two attached hydrogens (primary N) is 1. The second-order valence-electron chi connectivity index (χ2n) is 4.13. The van der Waals surface area contributed by atoms with E-state index in [2.05, 4.69) is 19.9 Å². The van der Waals surface area contributed by atoms with Crippen LogP contribution in [0.25, 0.3) is 0 Å². The third-order valence-electron chi connectivity index (χ3n) is 2.98. The third kappa shape index (κ3) is 0.939. The topological polar surface area (TPSA) is 49.9 Å². The molecule has 0 atom stereocenters. The van der Waals surface area contributed by atoms with Gasteiger partial charge in [-0.05, 0) is 5.56 Å². The van der Waals surface area contributed by atoms with Crippen molar-refractivity contribution in [1.29, 1.82) is 5.41 Å². The maximum atomic E-state index is 8.00. The summed E-state index contributed by atoms with van der Waals surface area (Å²) in [5.41, 5.74) is 9.14. The number of nitrogens with one attached hydrogen (secondary N) is 1. The van der Waals surface area contributed by atoms with E-state index in [0.29, 0.717) is 5.71 Å². The van der Waals surface area contributed by atoms with Crippen molar-refractivity contribution in [2.75, 3.05) is 0 Å². The van der Waals surface area contributed by atoms with E-state index < -0.39 is 0 Å². The van der Waals surface area contributed by atoms with E-state index in [1.54, 1.807) is 6.20 Å². The molecule has 14 heavy (non-hydrogen) atoms. The second kappa shape index (κ2) is 2.71. The van der Waals surface area contributed by atoms with Crippen molar-refractivity contribution in [1.82, 2.24) is 0 Å².